The van der Waals surface area contributed by atoms with Gasteiger partial charge in [-0.05, 0) is 42.7 Å². The predicted molar refractivity (Wildman–Crippen MR) is 123 cm³/mol. The molecular formula is C22H24Cl2N4OS. The minimum absolute atomic E-state index is 0.123. The first-order valence-corrected chi connectivity index (χ1v) is 11.3. The molecule has 0 aliphatic rings. The molecule has 1 aromatic heterocycles. The molecule has 0 saturated carbocycles. The molecule has 0 radical (unpaired) electrons. The van der Waals surface area contributed by atoms with Crippen LogP contribution in [0, 0.1) is 12.8 Å². The third kappa shape index (κ3) is 5.36. The summed E-state index contributed by atoms with van der Waals surface area (Å²) < 4.78 is 1.93. The Balaban J connectivity index is 1.74. The Bertz CT molecular complexity index is 1030. The van der Waals surface area contributed by atoms with Crippen LogP contribution >= 0.6 is 35.0 Å². The molecule has 1 N–H and O–H groups in total. The summed E-state index contributed by atoms with van der Waals surface area (Å²) in [4.78, 5) is 12.7. The van der Waals surface area contributed by atoms with Gasteiger partial charge in [0.05, 0.1) is 16.1 Å². The number of halogens is 2. The van der Waals surface area contributed by atoms with Crippen LogP contribution in [0.2, 0.25) is 10.0 Å². The SMILES string of the molecule is Cc1ccc(C(=O)N[C@H](c2nnc(SCc3ccc(Cl)c(Cl)c3)n2C)C(C)C)cc1. The highest BCUT2D eigenvalue weighted by molar-refractivity contribution is 7.98. The van der Waals surface area contributed by atoms with Crippen LogP contribution in [0.25, 0.3) is 0 Å². The normalized spacial score (nSPS) is 12.2. The standard InChI is InChI=1S/C22H24Cl2N4OS/c1-13(2)19(25-21(29)16-8-5-14(3)6-9-16)20-26-27-22(28(20)4)30-12-15-7-10-17(23)18(24)11-15/h5-11,13,19H,12H2,1-4H3,(H,25,29)/t19-/m0/s1. The van der Waals surface area contributed by atoms with E-state index >= 15 is 0 Å². The number of benzene rings is 2. The first-order chi connectivity index (χ1) is 14.3. The van der Waals surface area contributed by atoms with Crippen molar-refractivity contribution in [2.24, 2.45) is 13.0 Å². The first kappa shape index (κ1) is 22.7. The second-order valence-corrected chi connectivity index (χ2v) is 9.26. The summed E-state index contributed by atoms with van der Waals surface area (Å²) in [6.07, 6.45) is 0. The number of nitrogens with zero attached hydrogens (tertiary/aromatic N) is 3. The lowest BCUT2D eigenvalue weighted by molar-refractivity contribution is 0.0922. The number of carbonyl (C=O) groups is 1. The fourth-order valence-corrected chi connectivity index (χ4v) is 4.14. The van der Waals surface area contributed by atoms with E-state index in [0.29, 0.717) is 21.4 Å². The Hall–Kier alpha value is -2.02. The summed E-state index contributed by atoms with van der Waals surface area (Å²) in [7, 11) is 1.92. The quantitative estimate of drug-likeness (QED) is 0.447. The molecule has 0 spiro atoms. The van der Waals surface area contributed by atoms with E-state index in [4.69, 9.17) is 23.2 Å². The van der Waals surface area contributed by atoms with Crippen LogP contribution in [0.15, 0.2) is 47.6 Å². The first-order valence-electron chi connectivity index (χ1n) is 9.59. The molecule has 158 valence electrons. The van der Waals surface area contributed by atoms with Gasteiger partial charge in [0, 0.05) is 18.4 Å². The molecule has 0 saturated heterocycles. The van der Waals surface area contributed by atoms with Gasteiger partial charge in [-0.15, -0.1) is 10.2 Å². The lowest BCUT2D eigenvalue weighted by atomic mass is 10.0. The highest BCUT2D eigenvalue weighted by Gasteiger charge is 2.25. The number of rotatable bonds is 7. The molecule has 0 bridgehead atoms. The van der Waals surface area contributed by atoms with Crippen molar-refractivity contribution < 1.29 is 4.79 Å². The van der Waals surface area contributed by atoms with Crippen molar-refractivity contribution >= 4 is 40.9 Å². The van der Waals surface area contributed by atoms with E-state index in [1.165, 1.54) is 0 Å². The molecule has 1 heterocycles. The zero-order valence-electron chi connectivity index (χ0n) is 17.3. The van der Waals surface area contributed by atoms with Gasteiger partial charge in [0.2, 0.25) is 0 Å². The Morgan fingerprint density at radius 1 is 1.10 bits per heavy atom. The van der Waals surface area contributed by atoms with Crippen LogP contribution in [0.1, 0.15) is 47.2 Å². The third-order valence-corrected chi connectivity index (χ3v) is 6.60. The average Bonchev–Trinajstić information content (AvgIpc) is 3.07. The minimum atomic E-state index is -0.254. The molecule has 0 unspecified atom stereocenters. The van der Waals surface area contributed by atoms with Crippen molar-refractivity contribution in [3.8, 4) is 0 Å². The third-order valence-electron chi connectivity index (χ3n) is 4.77. The molecule has 1 atom stereocenters. The molecule has 0 aliphatic carbocycles. The minimum Gasteiger partial charge on any atom is -0.342 e. The maximum Gasteiger partial charge on any atom is 0.251 e. The highest BCUT2D eigenvalue weighted by Crippen LogP contribution is 2.29. The van der Waals surface area contributed by atoms with E-state index in [0.717, 1.165) is 22.1 Å². The molecule has 8 heteroatoms. The van der Waals surface area contributed by atoms with Crippen molar-refractivity contribution in [2.45, 2.75) is 37.7 Å². The maximum absolute atomic E-state index is 12.7. The van der Waals surface area contributed by atoms with Crippen LogP contribution in [-0.4, -0.2) is 20.7 Å². The van der Waals surface area contributed by atoms with Gasteiger partial charge < -0.3 is 9.88 Å². The Morgan fingerprint density at radius 3 is 2.43 bits per heavy atom. The number of carbonyl (C=O) groups excluding carboxylic acids is 1. The van der Waals surface area contributed by atoms with E-state index < -0.39 is 0 Å². The van der Waals surface area contributed by atoms with Gasteiger partial charge in [-0.25, -0.2) is 0 Å². The fraction of sp³-hybridized carbons (Fsp3) is 0.318. The Kier molecular flexibility index (Phi) is 7.45. The van der Waals surface area contributed by atoms with Gasteiger partial charge in [-0.3, -0.25) is 4.79 Å². The van der Waals surface area contributed by atoms with Crippen LogP contribution in [0.5, 0.6) is 0 Å². The summed E-state index contributed by atoms with van der Waals surface area (Å²) in [5.41, 5.74) is 2.79. The van der Waals surface area contributed by atoms with E-state index in [1.54, 1.807) is 17.8 Å². The lowest BCUT2D eigenvalue weighted by Crippen LogP contribution is -2.33. The van der Waals surface area contributed by atoms with Crippen LogP contribution in [0.4, 0.5) is 0 Å². The van der Waals surface area contributed by atoms with Crippen LogP contribution in [0.3, 0.4) is 0 Å². The smallest absolute Gasteiger partial charge is 0.251 e. The van der Waals surface area contributed by atoms with Crippen molar-refractivity contribution in [1.29, 1.82) is 0 Å². The number of hydrogen-bond donors (Lipinski definition) is 1. The zero-order valence-corrected chi connectivity index (χ0v) is 19.6. The average molecular weight is 463 g/mol. The summed E-state index contributed by atoms with van der Waals surface area (Å²) >= 11 is 13.6. The Labute approximate surface area is 191 Å². The monoisotopic (exact) mass is 462 g/mol. The number of aryl methyl sites for hydroxylation is 1. The molecule has 0 fully saturated rings. The summed E-state index contributed by atoms with van der Waals surface area (Å²) in [5, 5.41) is 13.7. The number of hydrogen-bond acceptors (Lipinski definition) is 4. The number of aromatic nitrogens is 3. The van der Waals surface area contributed by atoms with Crippen molar-refractivity contribution in [1.82, 2.24) is 20.1 Å². The van der Waals surface area contributed by atoms with Gasteiger partial charge in [-0.2, -0.15) is 0 Å². The van der Waals surface area contributed by atoms with Crippen molar-refractivity contribution in [3.05, 3.63) is 75.0 Å². The number of amides is 1. The fourth-order valence-electron chi connectivity index (χ4n) is 2.96. The number of nitrogens with one attached hydrogen (secondary N) is 1. The molecule has 30 heavy (non-hydrogen) atoms. The predicted octanol–water partition coefficient (Wildman–Crippen LogP) is 5.85. The van der Waals surface area contributed by atoms with Gasteiger partial charge in [0.1, 0.15) is 0 Å². The number of thioether (sulfide) groups is 1. The summed E-state index contributed by atoms with van der Waals surface area (Å²) in [6, 6.07) is 12.9. The lowest BCUT2D eigenvalue weighted by Gasteiger charge is -2.21. The highest BCUT2D eigenvalue weighted by atomic mass is 35.5. The van der Waals surface area contributed by atoms with Crippen LogP contribution in [-0.2, 0) is 12.8 Å². The summed E-state index contributed by atoms with van der Waals surface area (Å²) in [5.74, 6) is 1.43. The van der Waals surface area contributed by atoms with Crippen LogP contribution < -0.4 is 5.32 Å². The molecule has 0 aliphatic heterocycles. The zero-order chi connectivity index (χ0) is 21.8. The molecule has 3 rings (SSSR count). The largest absolute Gasteiger partial charge is 0.342 e. The van der Waals surface area contributed by atoms with Crippen molar-refractivity contribution in [2.75, 3.05) is 0 Å². The van der Waals surface area contributed by atoms with Crippen molar-refractivity contribution in [3.63, 3.8) is 0 Å². The van der Waals surface area contributed by atoms with Gasteiger partial charge in [0.25, 0.3) is 5.91 Å². The molecule has 2 aromatic carbocycles. The second kappa shape index (κ2) is 9.86. The molecule has 5 nitrogen and oxygen atoms in total. The second-order valence-electron chi connectivity index (χ2n) is 7.50. The van der Waals surface area contributed by atoms with E-state index in [1.807, 2.05) is 54.9 Å². The van der Waals surface area contributed by atoms with Gasteiger partial charge >= 0.3 is 0 Å². The van der Waals surface area contributed by atoms with Gasteiger partial charge in [-0.1, -0.05) is 72.6 Å². The molecular weight excluding hydrogens is 439 g/mol. The topological polar surface area (TPSA) is 59.8 Å². The van der Waals surface area contributed by atoms with E-state index in [-0.39, 0.29) is 17.9 Å². The molecule has 3 aromatic rings. The van der Waals surface area contributed by atoms with E-state index in [9.17, 15) is 4.79 Å². The maximum atomic E-state index is 12.7. The van der Waals surface area contributed by atoms with E-state index in [2.05, 4.69) is 29.4 Å². The summed E-state index contributed by atoms with van der Waals surface area (Å²) in [6.45, 7) is 6.10. The Morgan fingerprint density at radius 2 is 1.80 bits per heavy atom. The van der Waals surface area contributed by atoms with Gasteiger partial charge in [0.15, 0.2) is 11.0 Å². The molecule has 1 amide bonds.